The molecule has 0 aliphatic carbocycles. The van der Waals surface area contributed by atoms with Gasteiger partial charge in [-0.25, -0.2) is 4.79 Å². The molecule has 0 fully saturated rings. The zero-order valence-corrected chi connectivity index (χ0v) is 24.1. The topological polar surface area (TPSA) is 327 Å². The zero-order valence-electron chi connectivity index (χ0n) is 23.3. The van der Waals surface area contributed by atoms with Crippen LogP contribution in [0.1, 0.15) is 38.5 Å². The van der Waals surface area contributed by atoms with Crippen molar-refractivity contribution in [3.05, 3.63) is 0 Å². The van der Waals surface area contributed by atoms with Gasteiger partial charge in [0, 0.05) is 12.8 Å². The molecular formula is C23H37N7O12S. The number of primary amides is 1. The van der Waals surface area contributed by atoms with E-state index in [4.69, 9.17) is 26.8 Å². The molecule has 0 aromatic rings. The fourth-order valence-electron chi connectivity index (χ4n) is 3.20. The van der Waals surface area contributed by atoms with Crippen molar-refractivity contribution in [1.82, 2.24) is 26.6 Å². The predicted molar refractivity (Wildman–Crippen MR) is 148 cm³/mol. The summed E-state index contributed by atoms with van der Waals surface area (Å²) in [6.07, 6.45) is -0.314. The van der Waals surface area contributed by atoms with Crippen LogP contribution >= 0.6 is 11.8 Å². The summed E-state index contributed by atoms with van der Waals surface area (Å²) in [5, 5.41) is 37.5. The van der Waals surface area contributed by atoms with Crippen molar-refractivity contribution in [2.75, 3.05) is 25.1 Å². The van der Waals surface area contributed by atoms with Gasteiger partial charge in [0.1, 0.15) is 18.1 Å². The SMILES string of the molecule is CSCC[C@H](NC(=O)[C@@H](N)CCC(=O)O)C(=O)NCC(=O)N[C@@H](CC(N)=O)C(=O)NCC(=O)N[C@@H](CCC(=O)O)C(=O)O. The Hall–Kier alpha value is -4.46. The maximum absolute atomic E-state index is 12.7. The molecule has 0 aliphatic heterocycles. The van der Waals surface area contributed by atoms with E-state index >= 15 is 0 Å². The molecule has 12 N–H and O–H groups in total. The Morgan fingerprint density at radius 2 is 1.16 bits per heavy atom. The Bertz CT molecular complexity index is 1060. The molecule has 242 valence electrons. The van der Waals surface area contributed by atoms with E-state index in [2.05, 4.69) is 21.3 Å². The number of hydrogen-bond donors (Lipinski definition) is 10. The van der Waals surface area contributed by atoms with Crippen molar-refractivity contribution >= 4 is 65.1 Å². The minimum absolute atomic E-state index is 0.139. The molecular weight excluding hydrogens is 598 g/mol. The van der Waals surface area contributed by atoms with Crippen molar-refractivity contribution in [2.24, 2.45) is 11.5 Å². The molecule has 0 heterocycles. The summed E-state index contributed by atoms with van der Waals surface area (Å²) >= 11 is 1.36. The van der Waals surface area contributed by atoms with Crippen molar-refractivity contribution < 1.29 is 58.5 Å². The van der Waals surface area contributed by atoms with E-state index in [1.54, 1.807) is 6.26 Å². The van der Waals surface area contributed by atoms with Gasteiger partial charge in [0.15, 0.2) is 0 Å². The summed E-state index contributed by atoms with van der Waals surface area (Å²) in [5.74, 6) is -9.08. The van der Waals surface area contributed by atoms with E-state index in [0.29, 0.717) is 5.75 Å². The second kappa shape index (κ2) is 20.4. The third-order valence-electron chi connectivity index (χ3n) is 5.43. The van der Waals surface area contributed by atoms with Gasteiger partial charge in [0.05, 0.1) is 25.6 Å². The summed E-state index contributed by atoms with van der Waals surface area (Å²) in [6.45, 7) is -1.49. The first-order chi connectivity index (χ1) is 20.1. The normalized spacial score (nSPS) is 13.3. The van der Waals surface area contributed by atoms with Gasteiger partial charge < -0.3 is 53.4 Å². The molecule has 0 spiro atoms. The summed E-state index contributed by atoms with van der Waals surface area (Å²) in [4.78, 5) is 106. The molecule has 0 aliphatic rings. The van der Waals surface area contributed by atoms with E-state index in [0.717, 1.165) is 0 Å². The Morgan fingerprint density at radius 1 is 0.674 bits per heavy atom. The summed E-state index contributed by atoms with van der Waals surface area (Å²) in [5.41, 5.74) is 10.8. The molecule has 0 saturated heterocycles. The predicted octanol–water partition coefficient (Wildman–Crippen LogP) is -4.56. The maximum Gasteiger partial charge on any atom is 0.326 e. The van der Waals surface area contributed by atoms with Crippen LogP contribution in [0, 0.1) is 0 Å². The first kappa shape index (κ1) is 38.5. The maximum atomic E-state index is 12.7. The number of nitrogens with one attached hydrogen (secondary N) is 5. The lowest BCUT2D eigenvalue weighted by atomic mass is 10.1. The molecule has 20 heteroatoms. The van der Waals surface area contributed by atoms with Crippen LogP contribution in [0.5, 0.6) is 0 Å². The van der Waals surface area contributed by atoms with E-state index < -0.39 is 110 Å². The smallest absolute Gasteiger partial charge is 0.326 e. The molecule has 0 saturated carbocycles. The number of thioether (sulfide) groups is 1. The molecule has 0 aromatic heterocycles. The Morgan fingerprint density at radius 3 is 1.63 bits per heavy atom. The Labute approximate surface area is 249 Å². The van der Waals surface area contributed by atoms with Gasteiger partial charge in [-0.05, 0) is 31.3 Å². The van der Waals surface area contributed by atoms with Crippen LogP contribution in [0.15, 0.2) is 0 Å². The van der Waals surface area contributed by atoms with Gasteiger partial charge in [-0.2, -0.15) is 11.8 Å². The zero-order chi connectivity index (χ0) is 33.1. The van der Waals surface area contributed by atoms with E-state index in [9.17, 15) is 43.2 Å². The van der Waals surface area contributed by atoms with Crippen LogP contribution in [0.2, 0.25) is 0 Å². The van der Waals surface area contributed by atoms with Gasteiger partial charge in [0.25, 0.3) is 0 Å². The molecule has 43 heavy (non-hydrogen) atoms. The minimum Gasteiger partial charge on any atom is -0.481 e. The second-order valence-electron chi connectivity index (χ2n) is 9.00. The van der Waals surface area contributed by atoms with E-state index in [1.165, 1.54) is 11.8 Å². The molecule has 0 radical (unpaired) electrons. The van der Waals surface area contributed by atoms with Crippen LogP contribution in [0.25, 0.3) is 0 Å². The Balaban J connectivity index is 5.11. The lowest BCUT2D eigenvalue weighted by molar-refractivity contribution is -0.143. The average Bonchev–Trinajstić information content (AvgIpc) is 2.92. The number of hydrogen-bond acceptors (Lipinski definition) is 11. The highest BCUT2D eigenvalue weighted by Crippen LogP contribution is 2.03. The highest BCUT2D eigenvalue weighted by atomic mass is 32.2. The standard InChI is InChI=1S/C23H37N7O12S/c1-43-7-6-12(30-20(38)11(24)2-4-18(34)35)21(39)26-10-17(33)29-14(8-15(25)31)22(40)27-9-16(32)28-13(23(41)42)3-5-19(36)37/h11-14H,2-10,24H2,1H3,(H2,25,31)(H,26,39)(H,27,40)(H,28,32)(H,29,33)(H,30,38)(H,34,35)(H,36,37)(H,41,42)/t11-,12-,13-,14-/m0/s1. The van der Waals surface area contributed by atoms with E-state index in [-0.39, 0.29) is 19.3 Å². The number of rotatable bonds is 22. The fraction of sp³-hybridized carbons (Fsp3) is 0.609. The monoisotopic (exact) mass is 635 g/mol. The van der Waals surface area contributed by atoms with Crippen LogP contribution in [-0.4, -0.2) is 118 Å². The molecule has 0 unspecified atom stereocenters. The van der Waals surface area contributed by atoms with Crippen molar-refractivity contribution in [3.8, 4) is 0 Å². The number of aliphatic carboxylic acids is 3. The average molecular weight is 636 g/mol. The van der Waals surface area contributed by atoms with Crippen LogP contribution in [0.4, 0.5) is 0 Å². The van der Waals surface area contributed by atoms with Gasteiger partial charge in [0.2, 0.25) is 35.4 Å². The number of carboxylic acid groups (broad SMARTS) is 3. The van der Waals surface area contributed by atoms with Gasteiger partial charge in [-0.3, -0.25) is 38.4 Å². The molecule has 4 atom stereocenters. The first-order valence-electron chi connectivity index (χ1n) is 12.7. The highest BCUT2D eigenvalue weighted by Gasteiger charge is 2.27. The van der Waals surface area contributed by atoms with Crippen LogP contribution < -0.4 is 38.1 Å². The number of carboxylic acids is 3. The third kappa shape index (κ3) is 17.9. The quantitative estimate of drug-likeness (QED) is 0.0536. The largest absolute Gasteiger partial charge is 0.481 e. The van der Waals surface area contributed by atoms with Gasteiger partial charge >= 0.3 is 17.9 Å². The lowest BCUT2D eigenvalue weighted by Gasteiger charge is -2.21. The molecule has 19 nitrogen and oxygen atoms in total. The third-order valence-corrected chi connectivity index (χ3v) is 6.08. The van der Waals surface area contributed by atoms with E-state index in [1.807, 2.05) is 5.32 Å². The van der Waals surface area contributed by atoms with Crippen LogP contribution in [-0.2, 0) is 43.2 Å². The van der Waals surface area contributed by atoms with Crippen LogP contribution in [0.3, 0.4) is 0 Å². The Kier molecular flexibility index (Phi) is 18.3. The number of amides is 6. The van der Waals surface area contributed by atoms with Crippen molar-refractivity contribution in [1.29, 1.82) is 0 Å². The van der Waals surface area contributed by atoms with Crippen molar-refractivity contribution in [2.45, 2.75) is 62.7 Å². The molecule has 0 rings (SSSR count). The molecule has 0 aromatic carbocycles. The summed E-state index contributed by atoms with van der Waals surface area (Å²) in [7, 11) is 0. The molecule has 0 bridgehead atoms. The fourth-order valence-corrected chi connectivity index (χ4v) is 3.67. The van der Waals surface area contributed by atoms with Gasteiger partial charge in [-0.1, -0.05) is 0 Å². The number of carbonyl (C=O) groups excluding carboxylic acids is 6. The van der Waals surface area contributed by atoms with Crippen molar-refractivity contribution in [3.63, 3.8) is 0 Å². The first-order valence-corrected chi connectivity index (χ1v) is 14.1. The lowest BCUT2D eigenvalue weighted by Crippen LogP contribution is -2.55. The molecule has 6 amide bonds. The summed E-state index contributed by atoms with van der Waals surface area (Å²) < 4.78 is 0. The van der Waals surface area contributed by atoms with Gasteiger partial charge in [-0.15, -0.1) is 0 Å². The highest BCUT2D eigenvalue weighted by molar-refractivity contribution is 7.98. The number of carbonyl (C=O) groups is 9. The minimum atomic E-state index is -1.59. The second-order valence-corrected chi connectivity index (χ2v) is 9.98. The summed E-state index contributed by atoms with van der Waals surface area (Å²) in [6, 6.07) is -5.46. The number of nitrogens with two attached hydrogens (primary N) is 2.